The van der Waals surface area contributed by atoms with Gasteiger partial charge in [0.25, 0.3) is 0 Å². The number of hydrogen-bond acceptors (Lipinski definition) is 2. The predicted molar refractivity (Wildman–Crippen MR) is 79.1 cm³/mol. The average molecular weight is 266 g/mol. The molecular formula is C16H30N2O. The smallest absolute Gasteiger partial charge is 0.225 e. The van der Waals surface area contributed by atoms with Crippen molar-refractivity contribution in [3.63, 3.8) is 0 Å². The second-order valence-corrected chi connectivity index (χ2v) is 6.49. The Kier molecular flexibility index (Phi) is 5.68. The lowest BCUT2D eigenvalue weighted by Crippen LogP contribution is -2.49. The predicted octanol–water partition coefficient (Wildman–Crippen LogP) is 2.76. The van der Waals surface area contributed by atoms with Crippen LogP contribution in [0.1, 0.15) is 51.9 Å². The molecule has 1 saturated carbocycles. The molecular weight excluding hydrogens is 236 g/mol. The van der Waals surface area contributed by atoms with Gasteiger partial charge in [-0.2, -0.15) is 0 Å². The van der Waals surface area contributed by atoms with Gasteiger partial charge in [0.05, 0.1) is 0 Å². The highest BCUT2D eigenvalue weighted by molar-refractivity contribution is 5.79. The molecule has 1 amide bonds. The topological polar surface area (TPSA) is 23.6 Å². The van der Waals surface area contributed by atoms with E-state index in [1.165, 1.54) is 32.1 Å². The molecule has 0 aromatic rings. The highest BCUT2D eigenvalue weighted by Gasteiger charge is 2.30. The summed E-state index contributed by atoms with van der Waals surface area (Å²) in [6.45, 7) is 6.22. The molecule has 19 heavy (non-hydrogen) atoms. The van der Waals surface area contributed by atoms with E-state index in [9.17, 15) is 4.79 Å². The molecule has 0 spiro atoms. The summed E-state index contributed by atoms with van der Waals surface area (Å²) in [4.78, 5) is 16.9. The number of amides is 1. The normalized spacial score (nSPS) is 29.5. The fourth-order valence-electron chi connectivity index (χ4n) is 3.48. The molecule has 110 valence electrons. The number of piperazine rings is 1. The van der Waals surface area contributed by atoms with Gasteiger partial charge in [-0.1, -0.05) is 26.2 Å². The van der Waals surface area contributed by atoms with Gasteiger partial charge in [-0.05, 0) is 38.6 Å². The molecule has 0 bridgehead atoms. The van der Waals surface area contributed by atoms with Gasteiger partial charge in [0.2, 0.25) is 5.91 Å². The molecule has 3 nitrogen and oxygen atoms in total. The van der Waals surface area contributed by atoms with Gasteiger partial charge in [-0.25, -0.2) is 0 Å². The van der Waals surface area contributed by atoms with Gasteiger partial charge >= 0.3 is 0 Å². The first-order chi connectivity index (χ1) is 9.20. The van der Waals surface area contributed by atoms with Crippen molar-refractivity contribution in [2.24, 2.45) is 11.8 Å². The van der Waals surface area contributed by atoms with Crippen LogP contribution in [-0.4, -0.2) is 48.9 Å². The first kappa shape index (κ1) is 14.8. The van der Waals surface area contributed by atoms with Crippen LogP contribution in [0.3, 0.4) is 0 Å². The molecule has 0 N–H and O–H groups in total. The summed E-state index contributed by atoms with van der Waals surface area (Å²) in [7, 11) is 2.14. The summed E-state index contributed by atoms with van der Waals surface area (Å²) >= 11 is 0. The highest BCUT2D eigenvalue weighted by Crippen LogP contribution is 2.33. The molecule has 1 aliphatic carbocycles. The molecule has 0 aromatic carbocycles. The molecule has 0 unspecified atom stereocenters. The molecule has 1 saturated heterocycles. The summed E-state index contributed by atoms with van der Waals surface area (Å²) < 4.78 is 0. The summed E-state index contributed by atoms with van der Waals surface area (Å²) in [6, 6.07) is 0. The number of carbonyl (C=O) groups is 1. The molecule has 3 heteroatoms. The minimum atomic E-state index is 0.335. The van der Waals surface area contributed by atoms with Gasteiger partial charge in [-0.3, -0.25) is 4.79 Å². The average Bonchev–Trinajstić information content (AvgIpc) is 2.46. The van der Waals surface area contributed by atoms with Crippen molar-refractivity contribution in [3.8, 4) is 0 Å². The fourth-order valence-corrected chi connectivity index (χ4v) is 3.48. The van der Waals surface area contributed by atoms with Crippen LogP contribution in [0.2, 0.25) is 0 Å². The molecule has 0 aromatic heterocycles. The van der Waals surface area contributed by atoms with Crippen molar-refractivity contribution in [1.82, 2.24) is 9.80 Å². The number of rotatable bonds is 4. The number of carbonyl (C=O) groups excluding carboxylic acids is 1. The van der Waals surface area contributed by atoms with Crippen molar-refractivity contribution < 1.29 is 4.79 Å². The van der Waals surface area contributed by atoms with Gasteiger partial charge < -0.3 is 9.80 Å². The maximum Gasteiger partial charge on any atom is 0.225 e. The Morgan fingerprint density at radius 1 is 1.05 bits per heavy atom. The van der Waals surface area contributed by atoms with Crippen molar-refractivity contribution in [3.05, 3.63) is 0 Å². The van der Waals surface area contributed by atoms with E-state index in [4.69, 9.17) is 0 Å². The molecule has 0 atom stereocenters. The zero-order chi connectivity index (χ0) is 13.7. The SMILES string of the molecule is CCCCC1CCC(C(=O)N2CCN(C)CC2)CC1. The Hall–Kier alpha value is -0.570. The summed E-state index contributed by atoms with van der Waals surface area (Å²) in [6.07, 6.45) is 8.89. The van der Waals surface area contributed by atoms with Gasteiger partial charge in [0, 0.05) is 32.1 Å². The van der Waals surface area contributed by atoms with Crippen LogP contribution in [-0.2, 0) is 4.79 Å². The number of unbranched alkanes of at least 4 members (excludes halogenated alkanes) is 1. The third-order valence-electron chi connectivity index (χ3n) is 4.98. The number of nitrogens with zero attached hydrogens (tertiary/aromatic N) is 2. The van der Waals surface area contributed by atoms with E-state index in [0.717, 1.165) is 44.9 Å². The number of hydrogen-bond donors (Lipinski definition) is 0. The first-order valence-electron chi connectivity index (χ1n) is 8.18. The van der Waals surface area contributed by atoms with Crippen LogP contribution in [0.15, 0.2) is 0 Å². The molecule has 0 radical (unpaired) electrons. The van der Waals surface area contributed by atoms with Crippen LogP contribution in [0.4, 0.5) is 0 Å². The Bertz CT molecular complexity index is 276. The second kappa shape index (κ2) is 7.28. The summed E-state index contributed by atoms with van der Waals surface area (Å²) in [5.41, 5.74) is 0. The minimum absolute atomic E-state index is 0.335. The van der Waals surface area contributed by atoms with Crippen LogP contribution in [0.25, 0.3) is 0 Å². The van der Waals surface area contributed by atoms with E-state index < -0.39 is 0 Å². The molecule has 2 aliphatic rings. The van der Waals surface area contributed by atoms with Gasteiger partial charge in [-0.15, -0.1) is 0 Å². The third kappa shape index (κ3) is 4.20. The Balaban J connectivity index is 1.73. The van der Waals surface area contributed by atoms with Gasteiger partial charge in [0.1, 0.15) is 0 Å². The number of likely N-dealkylation sites (N-methyl/N-ethyl adjacent to an activating group) is 1. The monoisotopic (exact) mass is 266 g/mol. The quantitative estimate of drug-likeness (QED) is 0.781. The van der Waals surface area contributed by atoms with Crippen LogP contribution in [0.5, 0.6) is 0 Å². The van der Waals surface area contributed by atoms with E-state index >= 15 is 0 Å². The largest absolute Gasteiger partial charge is 0.340 e. The van der Waals surface area contributed by atoms with E-state index in [-0.39, 0.29) is 0 Å². The van der Waals surface area contributed by atoms with Gasteiger partial charge in [0.15, 0.2) is 0 Å². The second-order valence-electron chi connectivity index (χ2n) is 6.49. The lowest BCUT2D eigenvalue weighted by atomic mass is 9.79. The third-order valence-corrected chi connectivity index (χ3v) is 4.98. The minimum Gasteiger partial charge on any atom is -0.340 e. The first-order valence-corrected chi connectivity index (χ1v) is 8.18. The maximum absolute atomic E-state index is 12.5. The molecule has 1 aliphatic heterocycles. The Morgan fingerprint density at radius 3 is 2.26 bits per heavy atom. The van der Waals surface area contributed by atoms with Crippen molar-refractivity contribution in [1.29, 1.82) is 0 Å². The Labute approximate surface area is 118 Å². The standard InChI is InChI=1S/C16H30N2O/c1-3-4-5-14-6-8-15(9-7-14)16(19)18-12-10-17(2)11-13-18/h14-15H,3-13H2,1-2H3. The molecule has 2 rings (SSSR count). The zero-order valence-corrected chi connectivity index (χ0v) is 12.7. The van der Waals surface area contributed by atoms with E-state index in [1.54, 1.807) is 0 Å². The zero-order valence-electron chi connectivity index (χ0n) is 12.7. The van der Waals surface area contributed by atoms with E-state index in [2.05, 4.69) is 23.8 Å². The van der Waals surface area contributed by atoms with Crippen LogP contribution in [0, 0.1) is 11.8 Å². The van der Waals surface area contributed by atoms with Crippen molar-refractivity contribution >= 4 is 5.91 Å². The molecule has 1 heterocycles. The molecule has 2 fully saturated rings. The fraction of sp³-hybridized carbons (Fsp3) is 0.938. The lowest BCUT2D eigenvalue weighted by molar-refractivity contribution is -0.138. The van der Waals surface area contributed by atoms with Crippen LogP contribution >= 0.6 is 0 Å². The van der Waals surface area contributed by atoms with Crippen molar-refractivity contribution in [2.75, 3.05) is 33.2 Å². The highest BCUT2D eigenvalue weighted by atomic mass is 16.2. The van der Waals surface area contributed by atoms with E-state index in [1.807, 2.05) is 0 Å². The lowest BCUT2D eigenvalue weighted by Gasteiger charge is -2.36. The summed E-state index contributed by atoms with van der Waals surface area (Å²) in [5, 5.41) is 0. The van der Waals surface area contributed by atoms with Crippen molar-refractivity contribution in [2.45, 2.75) is 51.9 Å². The Morgan fingerprint density at radius 2 is 1.68 bits per heavy atom. The van der Waals surface area contributed by atoms with Crippen LogP contribution < -0.4 is 0 Å². The van der Waals surface area contributed by atoms with E-state index in [0.29, 0.717) is 11.8 Å². The maximum atomic E-state index is 12.5. The summed E-state index contributed by atoms with van der Waals surface area (Å²) in [5.74, 6) is 1.68.